The second kappa shape index (κ2) is 13.9. The van der Waals surface area contributed by atoms with Crippen molar-refractivity contribution in [3.8, 4) is 0 Å². The largest absolute Gasteiger partial charge is 0.396 e. The maximum atomic E-state index is 12.8. The second-order valence-electron chi connectivity index (χ2n) is 8.44. The SMILES string of the molecule is CCCNC1CN(C)CC1CC1=CC=CNC1.NCCC(CO)c1ccc(F)c(Cl)c1. The summed E-state index contributed by atoms with van der Waals surface area (Å²) in [4.78, 5) is 2.45. The van der Waals surface area contributed by atoms with Gasteiger partial charge in [-0.25, -0.2) is 4.39 Å². The van der Waals surface area contributed by atoms with Crippen LogP contribution in [0.4, 0.5) is 4.39 Å². The van der Waals surface area contributed by atoms with Crippen molar-refractivity contribution in [1.29, 1.82) is 0 Å². The molecular weight excluding hydrogens is 415 g/mol. The van der Waals surface area contributed by atoms with Crippen molar-refractivity contribution in [2.75, 3.05) is 46.4 Å². The van der Waals surface area contributed by atoms with Crippen LogP contribution in [0.1, 0.15) is 37.7 Å². The molecule has 174 valence electrons. The van der Waals surface area contributed by atoms with Crippen LogP contribution in [-0.4, -0.2) is 62.4 Å². The van der Waals surface area contributed by atoms with E-state index in [-0.39, 0.29) is 17.5 Å². The van der Waals surface area contributed by atoms with Crippen molar-refractivity contribution in [1.82, 2.24) is 15.5 Å². The van der Waals surface area contributed by atoms with E-state index in [2.05, 4.69) is 41.7 Å². The molecule has 2 aliphatic heterocycles. The number of halogens is 2. The molecule has 0 bridgehead atoms. The molecule has 5 nitrogen and oxygen atoms in total. The molecule has 0 aliphatic carbocycles. The van der Waals surface area contributed by atoms with E-state index < -0.39 is 5.82 Å². The van der Waals surface area contributed by atoms with E-state index in [1.54, 1.807) is 6.07 Å². The molecule has 7 heteroatoms. The lowest BCUT2D eigenvalue weighted by molar-refractivity contribution is 0.260. The Morgan fingerprint density at radius 2 is 2.19 bits per heavy atom. The molecule has 5 N–H and O–H groups in total. The van der Waals surface area contributed by atoms with E-state index in [1.807, 2.05) is 6.20 Å². The van der Waals surface area contributed by atoms with Crippen LogP contribution in [0.2, 0.25) is 5.02 Å². The molecule has 3 rings (SSSR count). The molecule has 3 atom stereocenters. The summed E-state index contributed by atoms with van der Waals surface area (Å²) in [5.41, 5.74) is 7.75. The van der Waals surface area contributed by atoms with Gasteiger partial charge in [0.1, 0.15) is 5.82 Å². The van der Waals surface area contributed by atoms with Crippen molar-refractivity contribution in [2.24, 2.45) is 11.7 Å². The summed E-state index contributed by atoms with van der Waals surface area (Å²) < 4.78 is 12.8. The lowest BCUT2D eigenvalue weighted by Crippen LogP contribution is -2.37. The number of dihydropyridines is 1. The number of aliphatic hydroxyl groups is 1. The van der Waals surface area contributed by atoms with E-state index >= 15 is 0 Å². The number of benzene rings is 1. The van der Waals surface area contributed by atoms with Crippen LogP contribution >= 0.6 is 11.6 Å². The summed E-state index contributed by atoms with van der Waals surface area (Å²) in [6.07, 6.45) is 9.52. The number of likely N-dealkylation sites (tertiary alicyclic amines) is 1. The zero-order valence-electron chi connectivity index (χ0n) is 18.8. The molecule has 2 heterocycles. The van der Waals surface area contributed by atoms with Crippen LogP contribution in [0.25, 0.3) is 0 Å². The zero-order valence-corrected chi connectivity index (χ0v) is 19.5. The molecule has 2 aliphatic rings. The summed E-state index contributed by atoms with van der Waals surface area (Å²) in [6.45, 7) is 7.31. The number of hydrogen-bond donors (Lipinski definition) is 4. The quantitative estimate of drug-likeness (QED) is 0.463. The fraction of sp³-hybridized carbons (Fsp3) is 0.583. The number of hydrogen-bond acceptors (Lipinski definition) is 5. The Morgan fingerprint density at radius 3 is 2.81 bits per heavy atom. The second-order valence-corrected chi connectivity index (χ2v) is 8.85. The van der Waals surface area contributed by atoms with Gasteiger partial charge in [0.15, 0.2) is 0 Å². The smallest absolute Gasteiger partial charge is 0.141 e. The topological polar surface area (TPSA) is 73.5 Å². The molecule has 1 aromatic rings. The fourth-order valence-electron chi connectivity index (χ4n) is 4.16. The lowest BCUT2D eigenvalue weighted by Gasteiger charge is -2.22. The Labute approximate surface area is 191 Å². The molecule has 31 heavy (non-hydrogen) atoms. The maximum Gasteiger partial charge on any atom is 0.141 e. The lowest BCUT2D eigenvalue weighted by atomic mass is 9.94. The molecule has 3 unspecified atom stereocenters. The minimum atomic E-state index is -0.445. The van der Waals surface area contributed by atoms with E-state index in [9.17, 15) is 4.39 Å². The predicted octanol–water partition coefficient (Wildman–Crippen LogP) is 3.25. The number of allylic oxidation sites excluding steroid dienone is 2. The summed E-state index contributed by atoms with van der Waals surface area (Å²) in [5.74, 6) is 0.268. The van der Waals surface area contributed by atoms with Gasteiger partial charge >= 0.3 is 0 Å². The zero-order chi connectivity index (χ0) is 22.6. The maximum absolute atomic E-state index is 12.8. The van der Waals surface area contributed by atoms with E-state index in [0.29, 0.717) is 19.0 Å². The van der Waals surface area contributed by atoms with Gasteiger partial charge in [-0.3, -0.25) is 0 Å². The number of aliphatic hydroxyl groups excluding tert-OH is 1. The third kappa shape index (κ3) is 8.54. The van der Waals surface area contributed by atoms with Crippen molar-refractivity contribution in [2.45, 2.75) is 38.1 Å². The molecule has 1 aromatic carbocycles. The van der Waals surface area contributed by atoms with Crippen LogP contribution in [0.15, 0.2) is 42.1 Å². The van der Waals surface area contributed by atoms with Gasteiger partial charge in [-0.15, -0.1) is 0 Å². The number of rotatable bonds is 9. The van der Waals surface area contributed by atoms with Crippen molar-refractivity contribution in [3.05, 3.63) is 58.5 Å². The predicted molar refractivity (Wildman–Crippen MR) is 128 cm³/mol. The first-order valence-electron chi connectivity index (χ1n) is 11.2. The van der Waals surface area contributed by atoms with Gasteiger partial charge in [-0.05, 0) is 75.3 Å². The van der Waals surface area contributed by atoms with Gasteiger partial charge in [-0.2, -0.15) is 0 Å². The molecule has 0 saturated carbocycles. The molecule has 0 aromatic heterocycles. The van der Waals surface area contributed by atoms with Crippen LogP contribution in [-0.2, 0) is 0 Å². The Kier molecular flexibility index (Phi) is 11.5. The third-order valence-corrected chi connectivity index (χ3v) is 6.12. The highest BCUT2D eigenvalue weighted by atomic mass is 35.5. The van der Waals surface area contributed by atoms with Crippen LogP contribution < -0.4 is 16.4 Å². The molecule has 0 spiro atoms. The van der Waals surface area contributed by atoms with Crippen molar-refractivity contribution < 1.29 is 9.50 Å². The highest BCUT2D eigenvalue weighted by Crippen LogP contribution is 2.24. The first-order chi connectivity index (χ1) is 15.0. The number of likely N-dealkylation sites (N-methyl/N-ethyl adjacent to an activating group) is 1. The van der Waals surface area contributed by atoms with Gasteiger partial charge < -0.3 is 26.4 Å². The standard InChI is InChI=1S/C14H25N3.C10H13ClFNO/c1-3-6-16-14-11-17(2)10-13(14)8-12-5-4-7-15-9-12;11-9-5-7(1-2-10(9)12)8(6-14)3-4-13/h4-5,7,13-16H,3,6,8-11H2,1-2H3;1-2,5,8,14H,3-4,6,13H2. The van der Waals surface area contributed by atoms with Gasteiger partial charge in [0.25, 0.3) is 0 Å². The van der Waals surface area contributed by atoms with E-state index in [1.165, 1.54) is 43.6 Å². The van der Waals surface area contributed by atoms with Crippen molar-refractivity contribution >= 4 is 11.6 Å². The highest BCUT2D eigenvalue weighted by Gasteiger charge is 2.30. The molecule has 1 fully saturated rings. The summed E-state index contributed by atoms with van der Waals surface area (Å²) >= 11 is 5.63. The van der Waals surface area contributed by atoms with Crippen LogP contribution in [0.5, 0.6) is 0 Å². The Balaban J connectivity index is 0.000000225. The average molecular weight is 453 g/mol. The Morgan fingerprint density at radius 1 is 1.39 bits per heavy atom. The molecular formula is C24H38ClFN4O. The number of nitrogens with one attached hydrogen (secondary N) is 2. The van der Waals surface area contributed by atoms with Gasteiger partial charge in [0, 0.05) is 38.2 Å². The first kappa shape index (κ1) is 25.8. The highest BCUT2D eigenvalue weighted by molar-refractivity contribution is 6.30. The minimum absolute atomic E-state index is 0.000832. The van der Waals surface area contributed by atoms with E-state index in [4.69, 9.17) is 22.4 Å². The number of nitrogens with two attached hydrogens (primary N) is 1. The summed E-state index contributed by atoms with van der Waals surface area (Å²) in [7, 11) is 2.23. The van der Waals surface area contributed by atoms with Crippen molar-refractivity contribution in [3.63, 3.8) is 0 Å². The molecule has 1 saturated heterocycles. The summed E-state index contributed by atoms with van der Waals surface area (Å²) in [5, 5.41) is 16.1. The third-order valence-electron chi connectivity index (χ3n) is 5.83. The average Bonchev–Trinajstić information content (AvgIpc) is 3.12. The summed E-state index contributed by atoms with van der Waals surface area (Å²) in [6, 6.07) is 5.13. The number of nitrogens with zero attached hydrogens (tertiary/aromatic N) is 1. The van der Waals surface area contributed by atoms with Gasteiger partial charge in [0.2, 0.25) is 0 Å². The Bertz CT molecular complexity index is 728. The molecule has 0 radical (unpaired) electrons. The monoisotopic (exact) mass is 452 g/mol. The normalized spacial score (nSPS) is 21.8. The molecule has 0 amide bonds. The van der Waals surface area contributed by atoms with Gasteiger partial charge in [0.05, 0.1) is 5.02 Å². The van der Waals surface area contributed by atoms with E-state index in [0.717, 1.165) is 24.6 Å². The van der Waals surface area contributed by atoms with Crippen LogP contribution in [0, 0.1) is 11.7 Å². The Hall–Kier alpha value is -1.44. The fourth-order valence-corrected chi connectivity index (χ4v) is 4.35. The minimum Gasteiger partial charge on any atom is -0.396 e. The van der Waals surface area contributed by atoms with Crippen LogP contribution in [0.3, 0.4) is 0 Å². The first-order valence-corrected chi connectivity index (χ1v) is 11.6. The van der Waals surface area contributed by atoms with Gasteiger partial charge in [-0.1, -0.05) is 36.2 Å².